The Balaban J connectivity index is 1.22. The highest BCUT2D eigenvalue weighted by Gasteiger charge is 2.50. The molecule has 5 aliphatic rings. The summed E-state index contributed by atoms with van der Waals surface area (Å²) < 4.78 is 5.98. The summed E-state index contributed by atoms with van der Waals surface area (Å²) in [4.78, 5) is 52.1. The number of esters is 1. The molecule has 1 N–H and O–H groups in total. The summed E-state index contributed by atoms with van der Waals surface area (Å²) in [6, 6.07) is 11.9. The normalized spacial score (nSPS) is 29.3. The number of fused-ring (bicyclic) bond motifs is 1. The maximum absolute atomic E-state index is 13.2. The van der Waals surface area contributed by atoms with Crippen LogP contribution in [0.3, 0.4) is 0 Å². The van der Waals surface area contributed by atoms with Gasteiger partial charge >= 0.3 is 11.9 Å². The number of carbonyl (C=O) groups is 4. The molecule has 0 saturated heterocycles. The van der Waals surface area contributed by atoms with Gasteiger partial charge in [-0.15, -0.1) is 0 Å². The molecule has 4 bridgehead atoms. The van der Waals surface area contributed by atoms with Gasteiger partial charge in [-0.25, -0.2) is 9.59 Å². The number of nitrogens with zero attached hydrogens (tertiary/aromatic N) is 1. The molecule has 1 aliphatic heterocycles. The number of carboxylic acids is 1. The monoisotopic (exact) mass is 473 g/mol. The minimum Gasteiger partial charge on any atom is -0.480 e. The minimum atomic E-state index is -1.34. The molecule has 2 aromatic rings. The smallest absolute Gasteiger partial charge is 0.338 e. The van der Waals surface area contributed by atoms with E-state index in [1.807, 2.05) is 6.07 Å². The summed E-state index contributed by atoms with van der Waals surface area (Å²) in [6.45, 7) is 0. The van der Waals surface area contributed by atoms with Crippen molar-refractivity contribution in [1.82, 2.24) is 4.90 Å². The number of imide groups is 1. The molecule has 180 valence electrons. The van der Waals surface area contributed by atoms with Crippen LogP contribution in [0.1, 0.15) is 68.7 Å². The first-order valence-electron chi connectivity index (χ1n) is 12.4. The molecule has 0 unspecified atom stereocenters. The quantitative estimate of drug-likeness (QED) is 0.504. The number of aliphatic carboxylic acids is 1. The molecule has 1 atom stereocenters. The van der Waals surface area contributed by atoms with Crippen LogP contribution < -0.4 is 0 Å². The lowest BCUT2D eigenvalue weighted by Gasteiger charge is -2.53. The third kappa shape index (κ3) is 3.74. The lowest BCUT2D eigenvalue weighted by Crippen LogP contribution is -2.50. The fraction of sp³-hybridized carbons (Fsp3) is 0.429. The fourth-order valence-corrected chi connectivity index (χ4v) is 7.06. The van der Waals surface area contributed by atoms with Crippen molar-refractivity contribution in [3.05, 3.63) is 70.8 Å². The maximum atomic E-state index is 13.2. The van der Waals surface area contributed by atoms with Crippen LogP contribution in [0.25, 0.3) is 0 Å². The first kappa shape index (κ1) is 22.0. The number of carboxylic acid groups (broad SMARTS) is 1. The summed E-state index contributed by atoms with van der Waals surface area (Å²) in [5.74, 6) is -0.740. The van der Waals surface area contributed by atoms with E-state index in [9.17, 15) is 24.3 Å². The molecule has 0 aromatic heterocycles. The number of amides is 2. The zero-order chi connectivity index (χ0) is 24.3. The summed E-state index contributed by atoms with van der Waals surface area (Å²) in [6.07, 6.45) is 5.71. The lowest BCUT2D eigenvalue weighted by atomic mass is 9.55. The second kappa shape index (κ2) is 8.33. The van der Waals surface area contributed by atoms with Crippen LogP contribution in [0.15, 0.2) is 48.5 Å². The van der Waals surface area contributed by atoms with E-state index in [1.54, 1.807) is 24.3 Å². The molecule has 35 heavy (non-hydrogen) atoms. The van der Waals surface area contributed by atoms with Crippen molar-refractivity contribution in [2.24, 2.45) is 23.7 Å². The van der Waals surface area contributed by atoms with Crippen LogP contribution in [-0.2, 0) is 16.0 Å². The highest BCUT2D eigenvalue weighted by Crippen LogP contribution is 2.54. The van der Waals surface area contributed by atoms with E-state index >= 15 is 0 Å². The van der Waals surface area contributed by atoms with Crippen LogP contribution in [0.2, 0.25) is 0 Å². The maximum Gasteiger partial charge on any atom is 0.338 e. The van der Waals surface area contributed by atoms with Gasteiger partial charge in [-0.1, -0.05) is 30.3 Å². The number of rotatable bonds is 6. The lowest BCUT2D eigenvalue weighted by molar-refractivity contribution is -0.141. The molecule has 7 rings (SSSR count). The first-order valence-corrected chi connectivity index (χ1v) is 12.4. The molecule has 4 saturated carbocycles. The van der Waals surface area contributed by atoms with Crippen LogP contribution >= 0.6 is 0 Å². The van der Waals surface area contributed by atoms with Crippen LogP contribution in [0.4, 0.5) is 0 Å². The zero-order valence-corrected chi connectivity index (χ0v) is 19.3. The molecule has 1 heterocycles. The van der Waals surface area contributed by atoms with Crippen LogP contribution in [-0.4, -0.2) is 45.9 Å². The number of hydrogen-bond donors (Lipinski definition) is 1. The zero-order valence-electron chi connectivity index (χ0n) is 19.3. The molecule has 7 heteroatoms. The standard InChI is InChI=1S/C28H27NO6/c30-25-21-7-6-18(28(34)35-24-19-9-16-8-17(11-19)12-20(24)10-16)14-22(21)26(31)29(25)23(27(32)33)13-15-4-2-1-3-5-15/h1-7,14,16-17,19-20,23-24H,8-13H2,(H,32,33)/t16?,17?,19?,20?,23-,24?/m0/s1. The van der Waals surface area contributed by atoms with E-state index in [-0.39, 0.29) is 29.2 Å². The highest BCUT2D eigenvalue weighted by molar-refractivity contribution is 6.23. The number of hydrogen-bond acceptors (Lipinski definition) is 5. The molecular weight excluding hydrogens is 446 g/mol. The van der Waals surface area contributed by atoms with Gasteiger partial charge in [-0.3, -0.25) is 14.5 Å². The van der Waals surface area contributed by atoms with E-state index in [0.717, 1.165) is 42.4 Å². The number of benzene rings is 2. The molecule has 2 amide bonds. The molecule has 7 nitrogen and oxygen atoms in total. The van der Waals surface area contributed by atoms with Crippen molar-refractivity contribution in [3.63, 3.8) is 0 Å². The molecule has 0 spiro atoms. The third-order valence-electron chi connectivity index (χ3n) is 8.41. The average Bonchev–Trinajstić information content (AvgIpc) is 3.09. The summed E-state index contributed by atoms with van der Waals surface area (Å²) >= 11 is 0. The summed E-state index contributed by atoms with van der Waals surface area (Å²) in [5, 5.41) is 9.81. The largest absolute Gasteiger partial charge is 0.480 e. The number of ether oxygens (including phenoxy) is 1. The average molecular weight is 474 g/mol. The second-order valence-electron chi connectivity index (χ2n) is 10.6. The van der Waals surface area contributed by atoms with Crippen molar-refractivity contribution in [1.29, 1.82) is 0 Å². The Labute approximate surface area is 203 Å². The van der Waals surface area contributed by atoms with E-state index in [4.69, 9.17) is 4.74 Å². The van der Waals surface area contributed by atoms with Gasteiger partial charge in [0.15, 0.2) is 0 Å². The predicted molar refractivity (Wildman–Crippen MR) is 125 cm³/mol. The van der Waals surface area contributed by atoms with Crippen molar-refractivity contribution < 1.29 is 29.0 Å². The summed E-state index contributed by atoms with van der Waals surface area (Å²) in [5.41, 5.74) is 1.08. The second-order valence-corrected chi connectivity index (χ2v) is 10.6. The van der Waals surface area contributed by atoms with Gasteiger partial charge in [0.05, 0.1) is 16.7 Å². The van der Waals surface area contributed by atoms with Gasteiger partial charge in [0, 0.05) is 6.42 Å². The Morgan fingerprint density at radius 2 is 1.51 bits per heavy atom. The van der Waals surface area contributed by atoms with E-state index in [0.29, 0.717) is 17.4 Å². The number of carbonyl (C=O) groups excluding carboxylic acids is 3. The van der Waals surface area contributed by atoms with Gasteiger partial charge in [0.1, 0.15) is 12.1 Å². The fourth-order valence-electron chi connectivity index (χ4n) is 7.06. The minimum absolute atomic E-state index is 0.00296. The van der Waals surface area contributed by atoms with E-state index in [1.165, 1.54) is 24.6 Å². The Kier molecular flexibility index (Phi) is 5.24. The van der Waals surface area contributed by atoms with E-state index < -0.39 is 29.8 Å². The SMILES string of the molecule is O=C(OC1C2CC3CC(C2)CC1C3)c1ccc2c(c1)C(=O)N([C@@H](Cc1ccccc1)C(=O)O)C2=O. The Morgan fingerprint density at radius 3 is 2.14 bits per heavy atom. The molecule has 2 aromatic carbocycles. The Morgan fingerprint density at radius 1 is 0.886 bits per heavy atom. The molecular formula is C28H27NO6. The summed E-state index contributed by atoms with van der Waals surface area (Å²) in [7, 11) is 0. The van der Waals surface area contributed by atoms with Crippen molar-refractivity contribution in [3.8, 4) is 0 Å². The van der Waals surface area contributed by atoms with Crippen molar-refractivity contribution in [2.45, 2.75) is 50.7 Å². The predicted octanol–water partition coefficient (Wildman–Crippen LogP) is 3.96. The van der Waals surface area contributed by atoms with E-state index in [2.05, 4.69) is 0 Å². The van der Waals surface area contributed by atoms with Crippen LogP contribution in [0.5, 0.6) is 0 Å². The highest BCUT2D eigenvalue weighted by atomic mass is 16.5. The topological polar surface area (TPSA) is 101 Å². The van der Waals surface area contributed by atoms with Gasteiger partial charge in [-0.05, 0) is 79.5 Å². The van der Waals surface area contributed by atoms with Crippen LogP contribution in [0, 0.1) is 23.7 Å². The first-order chi connectivity index (χ1) is 16.9. The third-order valence-corrected chi connectivity index (χ3v) is 8.41. The Bertz CT molecular complexity index is 1190. The Hall–Kier alpha value is -3.48. The molecule has 4 fully saturated rings. The van der Waals surface area contributed by atoms with Gasteiger partial charge in [-0.2, -0.15) is 0 Å². The van der Waals surface area contributed by atoms with Gasteiger partial charge in [0.2, 0.25) is 0 Å². The van der Waals surface area contributed by atoms with Gasteiger partial charge in [0.25, 0.3) is 11.8 Å². The van der Waals surface area contributed by atoms with Gasteiger partial charge < -0.3 is 9.84 Å². The van der Waals surface area contributed by atoms with Crippen molar-refractivity contribution in [2.75, 3.05) is 0 Å². The van der Waals surface area contributed by atoms with Crippen molar-refractivity contribution >= 4 is 23.8 Å². The molecule has 4 aliphatic carbocycles. The molecule has 0 radical (unpaired) electrons.